The Hall–Kier alpha value is -2.03. The Balaban J connectivity index is 0.00000102. The van der Waals surface area contributed by atoms with E-state index in [4.69, 9.17) is 33.2 Å². The molecule has 182 valence electrons. The van der Waals surface area contributed by atoms with Gasteiger partial charge in [0.2, 0.25) is 0 Å². The smallest absolute Gasteiger partial charge is 0.668 e. The second kappa shape index (κ2) is 19.2. The van der Waals surface area contributed by atoms with Crippen molar-refractivity contribution < 1.29 is 21.7 Å². The molecule has 0 saturated heterocycles. The molecule has 0 amide bonds. The molecule has 0 spiro atoms. The standard InChI is InChI=1S/C20H12Cl2N3.3C2H6N.Ti/c21-15-8-4-13(5-9-15)18-19(14-6-10-16(22)11-7-14)25-20(24-18)17-3-1-2-12-23-17;3*1-3-2;/h1-12H;3*1-2H3;/q4*-1;+4. The van der Waals surface area contributed by atoms with Gasteiger partial charge in [0.15, 0.2) is 0 Å². The van der Waals surface area contributed by atoms with Crippen LogP contribution >= 0.6 is 23.2 Å². The largest absolute Gasteiger partial charge is 4.00 e. The average Bonchev–Trinajstić information content (AvgIpc) is 3.28. The minimum atomic E-state index is 0. The maximum atomic E-state index is 6.01. The van der Waals surface area contributed by atoms with Crippen LogP contribution in [0.3, 0.4) is 0 Å². The number of imidazole rings is 1. The van der Waals surface area contributed by atoms with Crippen LogP contribution in [0.5, 0.6) is 0 Å². The van der Waals surface area contributed by atoms with E-state index >= 15 is 0 Å². The number of aromatic nitrogens is 3. The molecule has 0 aliphatic carbocycles. The van der Waals surface area contributed by atoms with Gasteiger partial charge in [-0.3, -0.25) is 4.98 Å². The summed E-state index contributed by atoms with van der Waals surface area (Å²) >= 11 is 12.0. The summed E-state index contributed by atoms with van der Waals surface area (Å²) < 4.78 is 0. The van der Waals surface area contributed by atoms with Crippen LogP contribution in [0.1, 0.15) is 0 Å². The zero-order chi connectivity index (χ0) is 25.3. The van der Waals surface area contributed by atoms with Gasteiger partial charge < -0.3 is 25.9 Å². The number of halogens is 2. The molecule has 2 aromatic carbocycles. The molecule has 0 fully saturated rings. The first-order chi connectivity index (χ1) is 16.4. The van der Waals surface area contributed by atoms with Gasteiger partial charge in [0, 0.05) is 16.2 Å². The first-order valence-corrected chi connectivity index (χ1v) is 11.1. The van der Waals surface area contributed by atoms with Crippen molar-refractivity contribution in [2.45, 2.75) is 0 Å². The fourth-order valence-electron chi connectivity index (χ4n) is 2.57. The topological polar surface area (TPSA) is 82.2 Å². The maximum absolute atomic E-state index is 6.01. The summed E-state index contributed by atoms with van der Waals surface area (Å²) in [6, 6.07) is 20.8. The van der Waals surface area contributed by atoms with Crippen molar-refractivity contribution >= 4 is 23.2 Å². The van der Waals surface area contributed by atoms with Crippen molar-refractivity contribution in [3.8, 4) is 34.0 Å². The third-order valence-electron chi connectivity index (χ3n) is 3.79. The quantitative estimate of drug-likeness (QED) is 0.249. The number of benzene rings is 2. The van der Waals surface area contributed by atoms with Crippen LogP contribution in [0.15, 0.2) is 72.9 Å². The van der Waals surface area contributed by atoms with Gasteiger partial charge in [-0.1, -0.05) is 53.5 Å². The number of pyridine rings is 1. The molecule has 0 aliphatic rings. The molecule has 0 N–H and O–H groups in total. The van der Waals surface area contributed by atoms with Crippen molar-refractivity contribution in [2.75, 3.05) is 42.3 Å². The van der Waals surface area contributed by atoms with Crippen molar-refractivity contribution in [2.24, 2.45) is 0 Å². The molecule has 0 aliphatic heterocycles. The van der Waals surface area contributed by atoms with E-state index in [1.165, 1.54) is 0 Å². The van der Waals surface area contributed by atoms with Crippen LogP contribution in [-0.2, 0) is 21.7 Å². The number of hydrogen-bond acceptors (Lipinski definition) is 2. The van der Waals surface area contributed by atoms with Gasteiger partial charge in [0.05, 0.1) is 5.69 Å². The molecule has 0 bridgehead atoms. The van der Waals surface area contributed by atoms with Gasteiger partial charge in [-0.15, -0.1) is 0 Å². The van der Waals surface area contributed by atoms with E-state index in [-0.39, 0.29) is 21.7 Å². The van der Waals surface area contributed by atoms with Gasteiger partial charge >= 0.3 is 21.7 Å². The van der Waals surface area contributed by atoms with E-state index < -0.39 is 0 Å². The first kappa shape index (κ1) is 33.0. The predicted octanol–water partition coefficient (Wildman–Crippen LogP) is 7.60. The Kier molecular flexibility index (Phi) is 18.1. The molecular weight excluding hydrogens is 515 g/mol. The molecule has 6 nitrogen and oxygen atoms in total. The minimum Gasteiger partial charge on any atom is -0.668 e. The summed E-state index contributed by atoms with van der Waals surface area (Å²) in [5, 5.41) is 11.9. The number of hydrogen-bond donors (Lipinski definition) is 0. The fraction of sp³-hybridized carbons (Fsp3) is 0.231. The van der Waals surface area contributed by atoms with Crippen molar-refractivity contribution in [3.63, 3.8) is 0 Å². The van der Waals surface area contributed by atoms with E-state index in [0.29, 0.717) is 15.9 Å². The molecule has 9 heteroatoms. The van der Waals surface area contributed by atoms with E-state index in [1.54, 1.807) is 48.5 Å². The zero-order valence-corrected chi connectivity index (χ0v) is 23.9. The van der Waals surface area contributed by atoms with Gasteiger partial charge in [0.1, 0.15) is 0 Å². The zero-order valence-electron chi connectivity index (χ0n) is 20.9. The average molecular weight is 545 g/mol. The summed E-state index contributed by atoms with van der Waals surface area (Å²) in [4.78, 5) is 13.8. The molecule has 2 heterocycles. The molecule has 0 unspecified atom stereocenters. The Morgan fingerprint density at radius 2 is 1.11 bits per heavy atom. The molecule has 4 rings (SSSR count). The Labute approximate surface area is 234 Å². The van der Waals surface area contributed by atoms with Gasteiger partial charge in [-0.2, -0.15) is 42.3 Å². The number of nitrogens with zero attached hydrogens (tertiary/aromatic N) is 6. The summed E-state index contributed by atoms with van der Waals surface area (Å²) in [6.45, 7) is 0. The van der Waals surface area contributed by atoms with Gasteiger partial charge in [-0.25, -0.2) is 0 Å². The normalized spacial score (nSPS) is 9.26. The van der Waals surface area contributed by atoms with Crippen LogP contribution in [0, 0.1) is 0 Å². The van der Waals surface area contributed by atoms with Crippen LogP contribution in [0.4, 0.5) is 0 Å². The van der Waals surface area contributed by atoms with E-state index in [0.717, 1.165) is 28.2 Å². The molecule has 0 saturated carbocycles. The summed E-state index contributed by atoms with van der Waals surface area (Å²) in [5.74, 6) is 0.593. The third kappa shape index (κ3) is 11.5. The SMILES string of the molecule is C[N-]C.C[N-]C.C[N-]C.Clc1ccc(-c2nc(-c3ccccn3)[n-]c2-c2ccc(Cl)cc2)cc1.[Ti+4]. The monoisotopic (exact) mass is 544 g/mol. The maximum Gasteiger partial charge on any atom is 4.00 e. The molecular formula is C26H30Cl2N6Ti. The Morgan fingerprint density at radius 1 is 0.657 bits per heavy atom. The van der Waals surface area contributed by atoms with Crippen LogP contribution in [0.2, 0.25) is 10.0 Å². The predicted molar refractivity (Wildman–Crippen MR) is 147 cm³/mol. The molecule has 4 aromatic rings. The minimum absolute atomic E-state index is 0. The van der Waals surface area contributed by atoms with E-state index in [9.17, 15) is 0 Å². The van der Waals surface area contributed by atoms with E-state index in [1.807, 2.05) is 66.7 Å². The Bertz CT molecular complexity index is 988. The first-order valence-electron chi connectivity index (χ1n) is 10.4. The van der Waals surface area contributed by atoms with Crippen molar-refractivity contribution in [3.05, 3.63) is 98.9 Å². The van der Waals surface area contributed by atoms with Crippen LogP contribution in [-0.4, -0.2) is 52.3 Å². The third-order valence-corrected chi connectivity index (χ3v) is 4.29. The summed E-state index contributed by atoms with van der Waals surface area (Å²) in [7, 11) is 10.5. The molecule has 0 atom stereocenters. The Morgan fingerprint density at radius 3 is 1.54 bits per heavy atom. The van der Waals surface area contributed by atoms with E-state index in [2.05, 4.69) is 20.9 Å². The van der Waals surface area contributed by atoms with Gasteiger partial charge in [0.25, 0.3) is 0 Å². The summed E-state index contributed by atoms with van der Waals surface area (Å²) in [5.41, 5.74) is 4.21. The second-order valence-corrected chi connectivity index (χ2v) is 7.69. The molecule has 2 aromatic heterocycles. The molecule has 0 radical (unpaired) electrons. The van der Waals surface area contributed by atoms with Crippen molar-refractivity contribution in [1.82, 2.24) is 15.0 Å². The fourth-order valence-corrected chi connectivity index (χ4v) is 2.82. The van der Waals surface area contributed by atoms with Crippen LogP contribution in [0.25, 0.3) is 50.0 Å². The summed E-state index contributed by atoms with van der Waals surface area (Å²) in [6.07, 6.45) is 1.73. The van der Waals surface area contributed by atoms with Crippen LogP contribution < -0.4 is 4.98 Å². The molecule has 35 heavy (non-hydrogen) atoms. The van der Waals surface area contributed by atoms with Crippen molar-refractivity contribution in [1.29, 1.82) is 0 Å². The van der Waals surface area contributed by atoms with Gasteiger partial charge in [-0.05, 0) is 64.7 Å². The second-order valence-electron chi connectivity index (χ2n) is 6.81. The number of rotatable bonds is 3.